The fraction of sp³-hybridized carbons (Fsp3) is 0.577. The number of carbonyl (C=O) groups is 1. The summed E-state index contributed by atoms with van der Waals surface area (Å²) in [4.78, 5) is 25.8. The van der Waals surface area contributed by atoms with E-state index in [9.17, 15) is 4.79 Å². The van der Waals surface area contributed by atoms with Crippen LogP contribution in [0, 0.1) is 11.3 Å². The number of hydrogen-bond acceptors (Lipinski definition) is 5. The highest BCUT2D eigenvalue weighted by Gasteiger charge is 2.53. The van der Waals surface area contributed by atoms with Gasteiger partial charge in [-0.05, 0) is 61.6 Å². The lowest BCUT2D eigenvalue weighted by molar-refractivity contribution is -0.124. The van der Waals surface area contributed by atoms with Gasteiger partial charge in [-0.15, -0.1) is 0 Å². The standard InChI is InChI=1S/C26H34N6O2/c1-5-16-10-19-20(12-22(16)31(4)25(33)15(2)32-6-8-34-9-7-32)28-24(27-19)23-18-11-17-13-26(17,3)14-21(18)29-30-23/h10,12,15,17H,5-9,11,13-14H2,1-4H3,(H,27,28)(H,29,30)/t15?,17-,26-/m1/s1. The third-order valence-electron chi connectivity index (χ3n) is 8.45. The van der Waals surface area contributed by atoms with E-state index in [1.165, 1.54) is 17.7 Å². The van der Waals surface area contributed by atoms with E-state index in [-0.39, 0.29) is 11.9 Å². The van der Waals surface area contributed by atoms with Crippen molar-refractivity contribution < 1.29 is 9.53 Å². The monoisotopic (exact) mass is 462 g/mol. The quantitative estimate of drug-likeness (QED) is 0.607. The minimum atomic E-state index is -0.187. The zero-order chi connectivity index (χ0) is 23.6. The SMILES string of the molecule is CCc1cc2[nH]c(-c3n[nH]c4c3C[C@@H]3C[C@]3(C)C4)nc2cc1N(C)C(=O)C(C)N1CCOCC1. The van der Waals surface area contributed by atoms with E-state index < -0.39 is 0 Å². The molecule has 0 radical (unpaired) electrons. The van der Waals surface area contributed by atoms with E-state index in [1.807, 2.05) is 14.0 Å². The van der Waals surface area contributed by atoms with Crippen LogP contribution < -0.4 is 4.90 Å². The van der Waals surface area contributed by atoms with Crippen LogP contribution in [0.3, 0.4) is 0 Å². The Bertz CT molecular complexity index is 1260. The molecule has 1 saturated heterocycles. The van der Waals surface area contributed by atoms with Crippen LogP contribution in [0.4, 0.5) is 5.69 Å². The molecule has 3 aliphatic rings. The maximum Gasteiger partial charge on any atom is 0.243 e. The van der Waals surface area contributed by atoms with Crippen LogP contribution in [0.5, 0.6) is 0 Å². The molecule has 8 nitrogen and oxygen atoms in total. The summed E-state index contributed by atoms with van der Waals surface area (Å²) in [6, 6.07) is 4.00. The molecule has 2 N–H and O–H groups in total. The van der Waals surface area contributed by atoms with Crippen molar-refractivity contribution in [3.8, 4) is 11.5 Å². The zero-order valence-corrected chi connectivity index (χ0v) is 20.6. The topological polar surface area (TPSA) is 90.1 Å². The van der Waals surface area contributed by atoms with Crippen molar-refractivity contribution in [2.75, 3.05) is 38.3 Å². The molecule has 6 rings (SSSR count). The van der Waals surface area contributed by atoms with Crippen molar-refractivity contribution in [1.82, 2.24) is 25.1 Å². The van der Waals surface area contributed by atoms with Gasteiger partial charge in [-0.25, -0.2) is 4.98 Å². The van der Waals surface area contributed by atoms with Crippen LogP contribution in [0.2, 0.25) is 0 Å². The average molecular weight is 463 g/mol. The minimum Gasteiger partial charge on any atom is -0.379 e. The molecule has 1 aromatic carbocycles. The van der Waals surface area contributed by atoms with Crippen molar-refractivity contribution >= 4 is 22.6 Å². The first kappa shape index (κ1) is 21.8. The lowest BCUT2D eigenvalue weighted by Crippen LogP contribution is -2.50. The Balaban J connectivity index is 1.31. The van der Waals surface area contributed by atoms with Gasteiger partial charge in [-0.1, -0.05) is 13.8 Å². The van der Waals surface area contributed by atoms with Gasteiger partial charge in [0.05, 0.1) is 30.3 Å². The lowest BCUT2D eigenvalue weighted by Gasteiger charge is -2.34. The number of nitrogens with one attached hydrogen (secondary N) is 2. The highest BCUT2D eigenvalue weighted by molar-refractivity contribution is 5.99. The average Bonchev–Trinajstić information content (AvgIpc) is 3.15. The van der Waals surface area contributed by atoms with E-state index >= 15 is 0 Å². The van der Waals surface area contributed by atoms with Gasteiger partial charge in [0.15, 0.2) is 5.82 Å². The fourth-order valence-electron chi connectivity index (χ4n) is 5.97. The third kappa shape index (κ3) is 3.46. The molecule has 1 unspecified atom stereocenters. The molecule has 0 bridgehead atoms. The van der Waals surface area contributed by atoms with Gasteiger partial charge in [0, 0.05) is 37.1 Å². The Morgan fingerprint density at radius 3 is 2.91 bits per heavy atom. The van der Waals surface area contributed by atoms with Gasteiger partial charge in [-0.2, -0.15) is 5.10 Å². The second kappa shape index (κ2) is 7.92. The predicted octanol–water partition coefficient (Wildman–Crippen LogP) is 3.32. The molecule has 180 valence electrons. The van der Waals surface area contributed by atoms with Gasteiger partial charge in [0.1, 0.15) is 5.69 Å². The van der Waals surface area contributed by atoms with Crippen LogP contribution in [0.15, 0.2) is 12.1 Å². The number of ether oxygens (including phenoxy) is 1. The first-order chi connectivity index (χ1) is 16.4. The second-order valence-electron chi connectivity index (χ2n) is 10.6. The van der Waals surface area contributed by atoms with Gasteiger partial charge in [0.2, 0.25) is 5.91 Å². The molecular formula is C26H34N6O2. The minimum absolute atomic E-state index is 0.0977. The number of aryl methyl sites for hydroxylation is 1. The van der Waals surface area contributed by atoms with Crippen molar-refractivity contribution in [1.29, 1.82) is 0 Å². The van der Waals surface area contributed by atoms with E-state index in [1.54, 1.807) is 4.90 Å². The summed E-state index contributed by atoms with van der Waals surface area (Å²) in [6.07, 6.45) is 4.30. The molecule has 0 spiro atoms. The number of anilines is 1. The number of aromatic nitrogens is 4. The van der Waals surface area contributed by atoms with E-state index in [0.29, 0.717) is 18.6 Å². The summed E-state index contributed by atoms with van der Waals surface area (Å²) in [5.74, 6) is 1.68. The molecule has 1 aliphatic heterocycles. The first-order valence-electron chi connectivity index (χ1n) is 12.6. The summed E-state index contributed by atoms with van der Waals surface area (Å²) >= 11 is 0. The van der Waals surface area contributed by atoms with Gasteiger partial charge < -0.3 is 14.6 Å². The van der Waals surface area contributed by atoms with E-state index in [0.717, 1.165) is 72.1 Å². The maximum atomic E-state index is 13.4. The zero-order valence-electron chi connectivity index (χ0n) is 20.6. The van der Waals surface area contributed by atoms with E-state index in [2.05, 4.69) is 46.1 Å². The summed E-state index contributed by atoms with van der Waals surface area (Å²) in [5, 5.41) is 7.94. The van der Waals surface area contributed by atoms with Crippen molar-refractivity contribution in [3.05, 3.63) is 29.0 Å². The summed E-state index contributed by atoms with van der Waals surface area (Å²) in [5.41, 5.74) is 7.91. The molecule has 2 aliphatic carbocycles. The number of hydrogen-bond donors (Lipinski definition) is 2. The van der Waals surface area contributed by atoms with Crippen LogP contribution in [-0.4, -0.2) is 70.4 Å². The Kier molecular flexibility index (Phi) is 5.08. The van der Waals surface area contributed by atoms with Crippen LogP contribution >= 0.6 is 0 Å². The molecule has 1 amide bonds. The van der Waals surface area contributed by atoms with Crippen molar-refractivity contribution in [3.63, 3.8) is 0 Å². The van der Waals surface area contributed by atoms with Crippen molar-refractivity contribution in [2.45, 2.75) is 52.5 Å². The number of imidazole rings is 1. The highest BCUT2D eigenvalue weighted by atomic mass is 16.5. The number of aromatic amines is 2. The van der Waals surface area contributed by atoms with Gasteiger partial charge >= 0.3 is 0 Å². The number of rotatable bonds is 5. The normalized spacial score (nSPS) is 25.1. The molecule has 3 aromatic rings. The van der Waals surface area contributed by atoms with Crippen LogP contribution in [0.25, 0.3) is 22.6 Å². The lowest BCUT2D eigenvalue weighted by atomic mass is 9.88. The molecular weight excluding hydrogens is 428 g/mol. The third-order valence-corrected chi connectivity index (χ3v) is 8.45. The highest BCUT2D eigenvalue weighted by Crippen LogP contribution is 2.59. The number of amides is 1. The summed E-state index contributed by atoms with van der Waals surface area (Å²) < 4.78 is 5.45. The molecule has 1 saturated carbocycles. The predicted molar refractivity (Wildman–Crippen MR) is 132 cm³/mol. The van der Waals surface area contributed by atoms with Crippen LogP contribution in [-0.2, 0) is 28.8 Å². The Morgan fingerprint density at radius 2 is 2.15 bits per heavy atom. The first-order valence-corrected chi connectivity index (χ1v) is 12.6. The number of benzene rings is 1. The van der Waals surface area contributed by atoms with E-state index in [4.69, 9.17) is 9.72 Å². The molecule has 2 aromatic heterocycles. The largest absolute Gasteiger partial charge is 0.379 e. The summed E-state index contributed by atoms with van der Waals surface area (Å²) in [7, 11) is 1.88. The molecule has 34 heavy (non-hydrogen) atoms. The van der Waals surface area contributed by atoms with Crippen LogP contribution in [0.1, 0.15) is 44.0 Å². The molecule has 3 heterocycles. The summed E-state index contributed by atoms with van der Waals surface area (Å²) in [6.45, 7) is 9.44. The number of nitrogens with zero attached hydrogens (tertiary/aromatic N) is 4. The van der Waals surface area contributed by atoms with Gasteiger partial charge in [0.25, 0.3) is 0 Å². The molecule has 2 fully saturated rings. The second-order valence-corrected chi connectivity index (χ2v) is 10.6. The van der Waals surface area contributed by atoms with Gasteiger partial charge in [-0.3, -0.25) is 14.8 Å². The molecule has 3 atom stereocenters. The number of likely N-dealkylation sites (N-methyl/N-ethyl adjacent to an activating group) is 1. The Morgan fingerprint density at radius 1 is 1.35 bits per heavy atom. The molecule has 8 heteroatoms. The number of morpholine rings is 1. The fourth-order valence-corrected chi connectivity index (χ4v) is 5.97. The number of H-pyrrole nitrogens is 2. The van der Waals surface area contributed by atoms with Crippen molar-refractivity contribution in [2.24, 2.45) is 11.3 Å². The Hall–Kier alpha value is -2.71. The number of carbonyl (C=O) groups excluding carboxylic acids is 1. The smallest absolute Gasteiger partial charge is 0.243 e. The maximum absolute atomic E-state index is 13.4. The number of fused-ring (bicyclic) bond motifs is 3. The Labute approximate surface area is 200 Å².